The average Bonchev–Trinajstić information content (AvgIpc) is 2.60. The van der Waals surface area contributed by atoms with Crippen LogP contribution in [-0.2, 0) is 4.79 Å². The van der Waals surface area contributed by atoms with Crippen molar-refractivity contribution >= 4 is 23.2 Å². The number of anilines is 2. The molecule has 5 nitrogen and oxygen atoms in total. The topological polar surface area (TPSA) is 67.4 Å². The van der Waals surface area contributed by atoms with E-state index in [2.05, 4.69) is 10.6 Å². The number of hydrogen-bond donors (Lipinski definition) is 2. The largest absolute Gasteiger partial charge is 0.497 e. The second-order valence-electron chi connectivity index (χ2n) is 5.42. The van der Waals surface area contributed by atoms with Gasteiger partial charge in [0.25, 0.3) is 5.91 Å². The van der Waals surface area contributed by atoms with Gasteiger partial charge >= 0.3 is 0 Å². The SMILES string of the molecule is CCCCC(=O)Nc1cccc(NC(=O)c2cccc(OC)c2)c1. The maximum absolute atomic E-state index is 12.3. The number of hydrogen-bond acceptors (Lipinski definition) is 3. The van der Waals surface area contributed by atoms with Gasteiger partial charge in [0, 0.05) is 23.4 Å². The number of rotatable bonds is 7. The molecule has 2 amide bonds. The molecule has 2 N–H and O–H groups in total. The molecule has 0 spiro atoms. The zero-order valence-corrected chi connectivity index (χ0v) is 14.0. The lowest BCUT2D eigenvalue weighted by atomic mass is 10.2. The third-order valence-corrected chi connectivity index (χ3v) is 3.49. The number of nitrogens with one attached hydrogen (secondary N) is 2. The molecule has 0 aliphatic heterocycles. The summed E-state index contributed by atoms with van der Waals surface area (Å²) in [5.41, 5.74) is 1.79. The van der Waals surface area contributed by atoms with Crippen LogP contribution in [-0.4, -0.2) is 18.9 Å². The Morgan fingerprint density at radius 1 is 1.00 bits per heavy atom. The van der Waals surface area contributed by atoms with Gasteiger partial charge in [-0.25, -0.2) is 0 Å². The van der Waals surface area contributed by atoms with Crippen molar-refractivity contribution in [3.8, 4) is 5.75 Å². The van der Waals surface area contributed by atoms with Crippen LogP contribution in [0.1, 0.15) is 36.5 Å². The van der Waals surface area contributed by atoms with Crippen molar-refractivity contribution < 1.29 is 14.3 Å². The monoisotopic (exact) mass is 326 g/mol. The molecule has 0 unspecified atom stereocenters. The van der Waals surface area contributed by atoms with Crippen molar-refractivity contribution in [1.29, 1.82) is 0 Å². The summed E-state index contributed by atoms with van der Waals surface area (Å²) >= 11 is 0. The Bertz CT molecular complexity index is 713. The van der Waals surface area contributed by atoms with Crippen LogP contribution < -0.4 is 15.4 Å². The molecule has 5 heteroatoms. The average molecular weight is 326 g/mol. The van der Waals surface area contributed by atoms with Gasteiger partial charge in [-0.3, -0.25) is 9.59 Å². The van der Waals surface area contributed by atoms with Gasteiger partial charge in [-0.05, 0) is 42.8 Å². The van der Waals surface area contributed by atoms with E-state index in [1.165, 1.54) is 0 Å². The molecule has 2 aromatic carbocycles. The van der Waals surface area contributed by atoms with Gasteiger partial charge in [-0.15, -0.1) is 0 Å². The molecular weight excluding hydrogens is 304 g/mol. The number of ether oxygens (including phenoxy) is 1. The van der Waals surface area contributed by atoms with Crippen LogP contribution in [0.2, 0.25) is 0 Å². The molecular formula is C19H22N2O3. The first-order valence-corrected chi connectivity index (χ1v) is 7.97. The van der Waals surface area contributed by atoms with Crippen molar-refractivity contribution in [2.24, 2.45) is 0 Å². The lowest BCUT2D eigenvalue weighted by molar-refractivity contribution is -0.116. The predicted octanol–water partition coefficient (Wildman–Crippen LogP) is 4.08. The lowest BCUT2D eigenvalue weighted by Gasteiger charge is -2.09. The Morgan fingerprint density at radius 2 is 1.71 bits per heavy atom. The highest BCUT2D eigenvalue weighted by atomic mass is 16.5. The summed E-state index contributed by atoms with van der Waals surface area (Å²) in [6, 6.07) is 14.0. The fourth-order valence-electron chi connectivity index (χ4n) is 2.20. The summed E-state index contributed by atoms with van der Waals surface area (Å²) in [6.45, 7) is 2.04. The molecule has 0 bridgehead atoms. The van der Waals surface area contributed by atoms with Crippen molar-refractivity contribution in [3.63, 3.8) is 0 Å². The minimum Gasteiger partial charge on any atom is -0.497 e. The first-order chi connectivity index (χ1) is 11.6. The Kier molecular flexibility index (Phi) is 6.37. The quantitative estimate of drug-likeness (QED) is 0.806. The molecule has 0 atom stereocenters. The number of carbonyl (C=O) groups excluding carboxylic acids is 2. The molecule has 0 saturated heterocycles. The van der Waals surface area contributed by atoms with Crippen molar-refractivity contribution in [2.75, 3.05) is 17.7 Å². The Balaban J connectivity index is 2.03. The van der Waals surface area contributed by atoms with E-state index in [0.29, 0.717) is 29.1 Å². The maximum atomic E-state index is 12.3. The van der Waals surface area contributed by atoms with E-state index < -0.39 is 0 Å². The van der Waals surface area contributed by atoms with Crippen LogP contribution in [0, 0.1) is 0 Å². The van der Waals surface area contributed by atoms with Crippen LogP contribution in [0.4, 0.5) is 11.4 Å². The zero-order valence-electron chi connectivity index (χ0n) is 14.0. The van der Waals surface area contributed by atoms with E-state index in [4.69, 9.17) is 4.74 Å². The first-order valence-electron chi connectivity index (χ1n) is 7.97. The summed E-state index contributed by atoms with van der Waals surface area (Å²) in [6.07, 6.45) is 2.33. The number of carbonyl (C=O) groups is 2. The lowest BCUT2D eigenvalue weighted by Crippen LogP contribution is -2.13. The highest BCUT2D eigenvalue weighted by Gasteiger charge is 2.08. The highest BCUT2D eigenvalue weighted by molar-refractivity contribution is 6.05. The smallest absolute Gasteiger partial charge is 0.255 e. The van der Waals surface area contributed by atoms with Crippen LogP contribution in [0.15, 0.2) is 48.5 Å². The standard InChI is InChI=1S/C19H22N2O3/c1-3-4-11-18(22)20-15-8-6-9-16(13-15)21-19(23)14-7-5-10-17(12-14)24-2/h5-10,12-13H,3-4,11H2,1-2H3,(H,20,22)(H,21,23). The van der Waals surface area contributed by atoms with Crippen LogP contribution in [0.25, 0.3) is 0 Å². The van der Waals surface area contributed by atoms with E-state index in [1.54, 1.807) is 55.6 Å². The summed E-state index contributed by atoms with van der Waals surface area (Å²) in [7, 11) is 1.56. The van der Waals surface area contributed by atoms with Crippen molar-refractivity contribution in [2.45, 2.75) is 26.2 Å². The third-order valence-electron chi connectivity index (χ3n) is 3.49. The van der Waals surface area contributed by atoms with Crippen LogP contribution in [0.3, 0.4) is 0 Å². The van der Waals surface area contributed by atoms with Gasteiger partial charge in [-0.2, -0.15) is 0 Å². The fraction of sp³-hybridized carbons (Fsp3) is 0.263. The predicted molar refractivity (Wildman–Crippen MR) is 95.5 cm³/mol. The van der Waals surface area contributed by atoms with Gasteiger partial charge in [-0.1, -0.05) is 25.5 Å². The molecule has 0 heterocycles. The van der Waals surface area contributed by atoms with Crippen molar-refractivity contribution in [1.82, 2.24) is 0 Å². The molecule has 0 radical (unpaired) electrons. The summed E-state index contributed by atoms with van der Waals surface area (Å²) < 4.78 is 5.12. The molecule has 0 aliphatic rings. The van der Waals surface area contributed by atoms with Crippen molar-refractivity contribution in [3.05, 3.63) is 54.1 Å². The molecule has 2 rings (SSSR count). The molecule has 0 saturated carbocycles. The summed E-state index contributed by atoms with van der Waals surface area (Å²) in [5.74, 6) is 0.371. The summed E-state index contributed by atoms with van der Waals surface area (Å²) in [5, 5.41) is 5.66. The molecule has 2 aromatic rings. The van der Waals surface area contributed by atoms with E-state index in [9.17, 15) is 9.59 Å². The Labute approximate surface area is 142 Å². The highest BCUT2D eigenvalue weighted by Crippen LogP contribution is 2.18. The van der Waals surface area contributed by atoms with E-state index in [-0.39, 0.29) is 11.8 Å². The Morgan fingerprint density at radius 3 is 2.42 bits per heavy atom. The van der Waals surface area contributed by atoms with Gasteiger partial charge in [0.05, 0.1) is 7.11 Å². The molecule has 0 aromatic heterocycles. The zero-order chi connectivity index (χ0) is 17.4. The Hall–Kier alpha value is -2.82. The van der Waals surface area contributed by atoms with Gasteiger partial charge in [0.1, 0.15) is 5.75 Å². The first kappa shape index (κ1) is 17.5. The maximum Gasteiger partial charge on any atom is 0.255 e. The minimum atomic E-state index is -0.233. The number of unbranched alkanes of at least 4 members (excludes halogenated alkanes) is 1. The molecule has 0 aliphatic carbocycles. The molecule has 24 heavy (non-hydrogen) atoms. The second kappa shape index (κ2) is 8.72. The number of amides is 2. The van der Waals surface area contributed by atoms with Gasteiger partial charge in [0.2, 0.25) is 5.91 Å². The second-order valence-corrected chi connectivity index (χ2v) is 5.42. The minimum absolute atomic E-state index is 0.0203. The summed E-state index contributed by atoms with van der Waals surface area (Å²) in [4.78, 5) is 24.1. The third kappa shape index (κ3) is 5.12. The fourth-order valence-corrected chi connectivity index (χ4v) is 2.20. The van der Waals surface area contributed by atoms with Gasteiger partial charge in [0.15, 0.2) is 0 Å². The number of benzene rings is 2. The van der Waals surface area contributed by atoms with Crippen LogP contribution in [0.5, 0.6) is 5.75 Å². The van der Waals surface area contributed by atoms with Crippen LogP contribution >= 0.6 is 0 Å². The molecule has 0 fully saturated rings. The number of methoxy groups -OCH3 is 1. The van der Waals surface area contributed by atoms with E-state index in [0.717, 1.165) is 12.8 Å². The normalized spacial score (nSPS) is 10.1. The van der Waals surface area contributed by atoms with E-state index in [1.807, 2.05) is 6.92 Å². The molecule has 126 valence electrons. The van der Waals surface area contributed by atoms with Gasteiger partial charge < -0.3 is 15.4 Å². The van der Waals surface area contributed by atoms with E-state index >= 15 is 0 Å².